The average Bonchev–Trinajstić information content (AvgIpc) is 2.18. The molecule has 0 heterocycles. The minimum absolute atomic E-state index is 0.229. The SMILES string of the molecule is N[C@@](O)(CO)c1ccccc1C=O. The van der Waals surface area contributed by atoms with E-state index in [1.54, 1.807) is 12.1 Å². The zero-order valence-corrected chi connectivity index (χ0v) is 6.97. The van der Waals surface area contributed by atoms with Crippen LogP contribution in [0.2, 0.25) is 0 Å². The summed E-state index contributed by atoms with van der Waals surface area (Å²) in [5.41, 5.74) is 4.02. The zero-order valence-electron chi connectivity index (χ0n) is 6.97. The van der Waals surface area contributed by atoms with Gasteiger partial charge in [0.1, 0.15) is 6.29 Å². The number of aldehydes is 1. The lowest BCUT2D eigenvalue weighted by molar-refractivity contribution is -0.0139. The van der Waals surface area contributed by atoms with Gasteiger partial charge in [-0.15, -0.1) is 0 Å². The molecule has 0 unspecified atom stereocenters. The molecule has 0 spiro atoms. The summed E-state index contributed by atoms with van der Waals surface area (Å²) < 4.78 is 0. The second-order valence-corrected chi connectivity index (χ2v) is 2.79. The van der Waals surface area contributed by atoms with Gasteiger partial charge >= 0.3 is 0 Å². The molecule has 0 radical (unpaired) electrons. The predicted octanol–water partition coefficient (Wildman–Crippen LogP) is -0.405. The first-order chi connectivity index (χ1) is 6.11. The van der Waals surface area contributed by atoms with Crippen molar-refractivity contribution >= 4 is 6.29 Å². The fourth-order valence-electron chi connectivity index (χ4n) is 1.08. The molecule has 0 aliphatic rings. The third-order valence-corrected chi connectivity index (χ3v) is 1.80. The number of carbonyl (C=O) groups is 1. The van der Waals surface area contributed by atoms with Crippen molar-refractivity contribution in [3.63, 3.8) is 0 Å². The normalized spacial score (nSPS) is 15.0. The van der Waals surface area contributed by atoms with Crippen LogP contribution < -0.4 is 5.73 Å². The van der Waals surface area contributed by atoms with Crippen molar-refractivity contribution in [2.24, 2.45) is 5.73 Å². The van der Waals surface area contributed by atoms with Gasteiger partial charge in [0, 0.05) is 11.1 Å². The Labute approximate surface area is 75.6 Å². The molecule has 1 aromatic carbocycles. The van der Waals surface area contributed by atoms with Gasteiger partial charge in [-0.3, -0.25) is 10.5 Å². The van der Waals surface area contributed by atoms with Crippen LogP contribution in [0.15, 0.2) is 24.3 Å². The number of benzene rings is 1. The number of aliphatic hydroxyl groups excluding tert-OH is 1. The monoisotopic (exact) mass is 181 g/mol. The van der Waals surface area contributed by atoms with Gasteiger partial charge in [-0.2, -0.15) is 0 Å². The van der Waals surface area contributed by atoms with Crippen molar-refractivity contribution in [2.45, 2.75) is 5.72 Å². The van der Waals surface area contributed by atoms with Crippen LogP contribution in [-0.4, -0.2) is 23.1 Å². The number of aliphatic hydroxyl groups is 2. The second-order valence-electron chi connectivity index (χ2n) is 2.79. The van der Waals surface area contributed by atoms with Crippen LogP contribution in [0, 0.1) is 0 Å². The van der Waals surface area contributed by atoms with E-state index in [1.807, 2.05) is 0 Å². The maximum atomic E-state index is 10.5. The molecule has 1 rings (SSSR count). The second kappa shape index (κ2) is 3.66. The van der Waals surface area contributed by atoms with Crippen LogP contribution in [0.25, 0.3) is 0 Å². The summed E-state index contributed by atoms with van der Waals surface area (Å²) >= 11 is 0. The smallest absolute Gasteiger partial charge is 0.163 e. The van der Waals surface area contributed by atoms with Crippen molar-refractivity contribution in [3.05, 3.63) is 35.4 Å². The predicted molar refractivity (Wildman–Crippen MR) is 47.0 cm³/mol. The minimum Gasteiger partial charge on any atom is -0.392 e. The molecule has 1 aromatic rings. The third kappa shape index (κ3) is 1.92. The molecular weight excluding hydrogens is 170 g/mol. The highest BCUT2D eigenvalue weighted by molar-refractivity contribution is 5.77. The van der Waals surface area contributed by atoms with Gasteiger partial charge in [-0.1, -0.05) is 24.3 Å². The van der Waals surface area contributed by atoms with E-state index in [0.717, 1.165) is 0 Å². The molecule has 0 fully saturated rings. The molecule has 0 saturated carbocycles. The van der Waals surface area contributed by atoms with E-state index in [-0.39, 0.29) is 11.1 Å². The highest BCUT2D eigenvalue weighted by Gasteiger charge is 2.24. The van der Waals surface area contributed by atoms with Crippen LogP contribution >= 0.6 is 0 Å². The van der Waals surface area contributed by atoms with Gasteiger partial charge in [-0.05, 0) is 0 Å². The van der Waals surface area contributed by atoms with E-state index < -0.39 is 12.3 Å². The minimum atomic E-state index is -1.85. The Hall–Kier alpha value is -1.23. The molecule has 4 N–H and O–H groups in total. The Morgan fingerprint density at radius 3 is 2.62 bits per heavy atom. The first-order valence-corrected chi connectivity index (χ1v) is 3.78. The van der Waals surface area contributed by atoms with Crippen molar-refractivity contribution < 1.29 is 15.0 Å². The van der Waals surface area contributed by atoms with Crippen LogP contribution in [0.3, 0.4) is 0 Å². The lowest BCUT2D eigenvalue weighted by Crippen LogP contribution is -2.41. The number of carbonyl (C=O) groups excluding carboxylic acids is 1. The third-order valence-electron chi connectivity index (χ3n) is 1.80. The average molecular weight is 181 g/mol. The molecule has 70 valence electrons. The van der Waals surface area contributed by atoms with Crippen molar-refractivity contribution in [3.8, 4) is 0 Å². The van der Waals surface area contributed by atoms with E-state index >= 15 is 0 Å². The zero-order chi connectivity index (χ0) is 9.90. The fraction of sp³-hybridized carbons (Fsp3) is 0.222. The highest BCUT2D eigenvalue weighted by Crippen LogP contribution is 2.17. The maximum Gasteiger partial charge on any atom is 0.163 e. The lowest BCUT2D eigenvalue weighted by atomic mass is 9.99. The summed E-state index contributed by atoms with van der Waals surface area (Å²) in [5, 5.41) is 18.3. The summed E-state index contributed by atoms with van der Waals surface area (Å²) in [4.78, 5) is 10.5. The summed E-state index contributed by atoms with van der Waals surface area (Å²) in [5.74, 6) is 0. The van der Waals surface area contributed by atoms with E-state index in [9.17, 15) is 9.90 Å². The Morgan fingerprint density at radius 1 is 1.46 bits per heavy atom. The Balaban J connectivity index is 3.20. The molecule has 13 heavy (non-hydrogen) atoms. The Bertz CT molecular complexity index is 309. The molecule has 1 atom stereocenters. The number of hydrogen-bond acceptors (Lipinski definition) is 4. The van der Waals surface area contributed by atoms with Gasteiger partial charge in [-0.25, -0.2) is 0 Å². The van der Waals surface area contributed by atoms with Crippen LogP contribution in [0.1, 0.15) is 15.9 Å². The molecule has 0 aromatic heterocycles. The van der Waals surface area contributed by atoms with Crippen molar-refractivity contribution in [1.29, 1.82) is 0 Å². The van der Waals surface area contributed by atoms with Crippen LogP contribution in [0.5, 0.6) is 0 Å². The molecule has 4 heteroatoms. The first-order valence-electron chi connectivity index (χ1n) is 3.78. The van der Waals surface area contributed by atoms with Gasteiger partial charge in [0.2, 0.25) is 0 Å². The Morgan fingerprint density at radius 2 is 2.08 bits per heavy atom. The first kappa shape index (κ1) is 9.85. The summed E-state index contributed by atoms with van der Waals surface area (Å²) in [6.45, 7) is -0.627. The van der Waals surface area contributed by atoms with Crippen LogP contribution in [0.4, 0.5) is 0 Å². The lowest BCUT2D eigenvalue weighted by Gasteiger charge is -2.21. The van der Waals surface area contributed by atoms with E-state index in [2.05, 4.69) is 0 Å². The van der Waals surface area contributed by atoms with E-state index in [4.69, 9.17) is 10.8 Å². The summed E-state index contributed by atoms with van der Waals surface area (Å²) in [6, 6.07) is 6.31. The molecule has 0 amide bonds. The Kier molecular flexibility index (Phi) is 2.77. The number of rotatable bonds is 3. The summed E-state index contributed by atoms with van der Waals surface area (Å²) in [6.07, 6.45) is 0.586. The van der Waals surface area contributed by atoms with E-state index in [0.29, 0.717) is 6.29 Å². The molecule has 0 aliphatic heterocycles. The number of hydrogen-bond donors (Lipinski definition) is 3. The standard InChI is InChI=1S/C9H11NO3/c10-9(13,6-12)8-4-2-1-3-7(8)5-11/h1-5,12-13H,6,10H2/t9-/m1/s1. The van der Waals surface area contributed by atoms with E-state index in [1.165, 1.54) is 12.1 Å². The number of nitrogens with two attached hydrogens (primary N) is 1. The van der Waals surface area contributed by atoms with Gasteiger partial charge < -0.3 is 10.2 Å². The van der Waals surface area contributed by atoms with Gasteiger partial charge in [0.05, 0.1) is 6.61 Å². The highest BCUT2D eigenvalue weighted by atomic mass is 16.3. The largest absolute Gasteiger partial charge is 0.392 e. The topological polar surface area (TPSA) is 83.6 Å². The molecule has 0 saturated heterocycles. The molecular formula is C9H11NO3. The molecule has 0 bridgehead atoms. The van der Waals surface area contributed by atoms with Crippen molar-refractivity contribution in [2.75, 3.05) is 6.61 Å². The quantitative estimate of drug-likeness (QED) is 0.437. The molecule has 4 nitrogen and oxygen atoms in total. The van der Waals surface area contributed by atoms with Gasteiger partial charge in [0.15, 0.2) is 5.72 Å². The fourth-order valence-corrected chi connectivity index (χ4v) is 1.08. The van der Waals surface area contributed by atoms with Crippen LogP contribution in [-0.2, 0) is 5.72 Å². The molecule has 0 aliphatic carbocycles. The summed E-state index contributed by atoms with van der Waals surface area (Å²) in [7, 11) is 0. The van der Waals surface area contributed by atoms with Gasteiger partial charge in [0.25, 0.3) is 0 Å². The van der Waals surface area contributed by atoms with Crippen molar-refractivity contribution in [1.82, 2.24) is 0 Å². The maximum absolute atomic E-state index is 10.5.